The molecule has 0 saturated heterocycles. The van der Waals surface area contributed by atoms with Crippen molar-refractivity contribution in [2.24, 2.45) is 0 Å². The minimum Gasteiger partial charge on any atom is -0.507 e. The van der Waals surface area contributed by atoms with Crippen molar-refractivity contribution >= 4 is 28.8 Å². The van der Waals surface area contributed by atoms with Crippen molar-refractivity contribution in [2.45, 2.75) is 4.90 Å². The van der Waals surface area contributed by atoms with Gasteiger partial charge < -0.3 is 15.3 Å². The van der Waals surface area contributed by atoms with Gasteiger partial charge in [0.05, 0.1) is 17.7 Å². The van der Waals surface area contributed by atoms with E-state index >= 15 is 0 Å². The van der Waals surface area contributed by atoms with Crippen molar-refractivity contribution in [1.29, 1.82) is 0 Å². The number of hydrogen-bond donors (Lipinski definition) is 4. The quantitative estimate of drug-likeness (QED) is 0.311. The third-order valence-corrected chi connectivity index (χ3v) is 3.78. The first-order valence-corrected chi connectivity index (χ1v) is 7.18. The largest absolute Gasteiger partial charge is 0.507 e. The number of aromatic nitrogens is 2. The van der Waals surface area contributed by atoms with Crippen LogP contribution in [0.3, 0.4) is 0 Å². The van der Waals surface area contributed by atoms with Crippen LogP contribution in [0.5, 0.6) is 11.6 Å². The Morgan fingerprint density at radius 2 is 1.96 bits per heavy atom. The molecule has 0 unspecified atom stereocenters. The molecule has 1 aromatic heterocycles. The zero-order chi connectivity index (χ0) is 17.3. The van der Waals surface area contributed by atoms with E-state index in [1.165, 1.54) is 6.07 Å². The van der Waals surface area contributed by atoms with Gasteiger partial charge >= 0.3 is 5.97 Å². The van der Waals surface area contributed by atoms with E-state index in [9.17, 15) is 15.0 Å². The molecule has 0 spiro atoms. The predicted octanol–water partition coefficient (Wildman–Crippen LogP) is 2.56. The molecule has 9 nitrogen and oxygen atoms in total. The van der Waals surface area contributed by atoms with E-state index < -0.39 is 5.97 Å². The van der Waals surface area contributed by atoms with Crippen LogP contribution in [-0.4, -0.2) is 36.3 Å². The van der Waals surface area contributed by atoms with Crippen molar-refractivity contribution in [3.8, 4) is 17.3 Å². The molecule has 0 fully saturated rings. The summed E-state index contributed by atoms with van der Waals surface area (Å²) in [6.45, 7) is 0. The van der Waals surface area contributed by atoms with Crippen LogP contribution in [0, 0.1) is 0 Å². The number of carboxylic acids is 1. The maximum absolute atomic E-state index is 11.0. The average molecular weight is 350 g/mol. The second-order valence-electron chi connectivity index (χ2n) is 4.65. The van der Waals surface area contributed by atoms with Gasteiger partial charge in [-0.2, -0.15) is 9.78 Å². The number of aromatic hydroxyl groups is 2. The molecule has 24 heavy (non-hydrogen) atoms. The number of aromatic carboxylic acids is 1. The van der Waals surface area contributed by atoms with E-state index in [0.717, 1.165) is 10.7 Å². The second-order valence-corrected chi connectivity index (χ2v) is 5.42. The van der Waals surface area contributed by atoms with Crippen molar-refractivity contribution in [1.82, 2.24) is 9.78 Å². The first-order valence-electron chi connectivity index (χ1n) is 6.44. The Labute approximate surface area is 138 Å². The fraction of sp³-hybridized carbons (Fsp3) is 0. The van der Waals surface area contributed by atoms with Crippen molar-refractivity contribution in [3.63, 3.8) is 0 Å². The molecule has 0 saturated carbocycles. The Bertz CT molecular complexity index is 925. The zero-order valence-electron chi connectivity index (χ0n) is 11.8. The molecule has 3 aromatic rings. The van der Waals surface area contributed by atoms with Crippen molar-refractivity contribution in [3.05, 3.63) is 42.1 Å². The normalized spacial score (nSPS) is 11.0. The predicted molar refractivity (Wildman–Crippen MR) is 82.0 cm³/mol. The van der Waals surface area contributed by atoms with Gasteiger partial charge in [0.15, 0.2) is 5.69 Å². The molecule has 0 aliphatic heterocycles. The summed E-state index contributed by atoms with van der Waals surface area (Å²) in [4.78, 5) is 11.4. The highest BCUT2D eigenvalue weighted by atomic mass is 32.2. The number of carbonyl (C=O) groups is 1. The first kappa shape index (κ1) is 16.1. The van der Waals surface area contributed by atoms with E-state index in [1.54, 1.807) is 24.3 Å². The lowest BCUT2D eigenvalue weighted by Crippen LogP contribution is -2.01. The summed E-state index contributed by atoms with van der Waals surface area (Å²) in [7, 11) is 0. The van der Waals surface area contributed by atoms with Gasteiger partial charge in [-0.3, -0.25) is 0 Å². The summed E-state index contributed by atoms with van der Waals surface area (Å²) in [6, 6.07) is 8.86. The summed E-state index contributed by atoms with van der Waals surface area (Å²) in [5.74, 6) is -1.73. The average Bonchev–Trinajstić information content (AvgIpc) is 2.94. The van der Waals surface area contributed by atoms with Gasteiger partial charge in [-0.15, -0.1) is 4.33 Å². The lowest BCUT2D eigenvalue weighted by molar-refractivity contribution is -0.432. The molecule has 0 amide bonds. The molecule has 1 heterocycles. The lowest BCUT2D eigenvalue weighted by atomic mass is 10.1. The van der Waals surface area contributed by atoms with Gasteiger partial charge in [0.2, 0.25) is 5.88 Å². The highest BCUT2D eigenvalue weighted by molar-refractivity contribution is 7.94. The number of rotatable bonds is 5. The third-order valence-electron chi connectivity index (χ3n) is 3.22. The van der Waals surface area contributed by atoms with Crippen LogP contribution < -0.4 is 0 Å². The zero-order valence-corrected chi connectivity index (χ0v) is 12.6. The number of benzene rings is 2. The van der Waals surface area contributed by atoms with E-state index in [4.69, 9.17) is 10.4 Å². The Morgan fingerprint density at radius 3 is 2.62 bits per heavy atom. The number of phenolic OH excluding ortho intramolecular Hbond substituents is 1. The van der Waals surface area contributed by atoms with E-state index in [1.807, 2.05) is 0 Å². The molecule has 2 aromatic carbocycles. The van der Waals surface area contributed by atoms with Crippen LogP contribution in [0.1, 0.15) is 10.5 Å². The molecule has 3 rings (SSSR count). The summed E-state index contributed by atoms with van der Waals surface area (Å²) in [5, 5.41) is 45.6. The van der Waals surface area contributed by atoms with Crippen LogP contribution >= 0.6 is 12.0 Å². The Morgan fingerprint density at radius 1 is 1.17 bits per heavy atom. The van der Waals surface area contributed by atoms with Gasteiger partial charge in [-0.25, -0.2) is 10.1 Å². The van der Waals surface area contributed by atoms with Crippen molar-refractivity contribution in [2.75, 3.05) is 0 Å². The maximum Gasteiger partial charge on any atom is 0.356 e. The molecule has 0 bridgehead atoms. The fourth-order valence-corrected chi connectivity index (χ4v) is 2.70. The molecule has 0 aliphatic carbocycles. The topological polar surface area (TPSA) is 134 Å². The fourth-order valence-electron chi connectivity index (χ4n) is 2.26. The number of fused-ring (bicyclic) bond motifs is 1. The Kier molecular flexibility index (Phi) is 4.27. The number of hydrogen-bond acceptors (Lipinski definition) is 8. The molecule has 10 heteroatoms. The molecule has 0 atom stereocenters. The number of carboxylic acid groups (broad SMARTS) is 1. The standard InChI is InChI=1S/C14H10N2O7S/c17-12-5-7(24-23-22-21)4-9-8(12)2-1-3-11(9)16-13(18)6-10(15-16)14(19)20/h1-6,17-18,21H,(H,19,20). The molecule has 0 radical (unpaired) electrons. The SMILES string of the molecule is O=C(O)c1cc(O)n(-c2cccc3c(O)cc(SOOO)cc23)n1. The summed E-state index contributed by atoms with van der Waals surface area (Å²) >= 11 is 0.649. The molecular formula is C14H10N2O7S. The van der Waals surface area contributed by atoms with E-state index in [-0.39, 0.29) is 17.3 Å². The van der Waals surface area contributed by atoms with Gasteiger partial charge in [0.25, 0.3) is 0 Å². The number of nitrogens with zero attached hydrogens (tertiary/aromatic N) is 2. The summed E-state index contributed by atoms with van der Waals surface area (Å²) in [6.07, 6.45) is 0. The van der Waals surface area contributed by atoms with E-state index in [2.05, 4.69) is 14.5 Å². The van der Waals surface area contributed by atoms with Gasteiger partial charge in [-0.05, 0) is 18.2 Å². The number of phenols is 1. The smallest absolute Gasteiger partial charge is 0.356 e. The molecule has 4 N–H and O–H groups in total. The minimum atomic E-state index is -1.28. The lowest BCUT2D eigenvalue weighted by Gasteiger charge is -2.10. The van der Waals surface area contributed by atoms with Crippen LogP contribution in [0.25, 0.3) is 16.5 Å². The highest BCUT2D eigenvalue weighted by Gasteiger charge is 2.17. The van der Waals surface area contributed by atoms with Gasteiger partial charge in [0, 0.05) is 21.7 Å². The van der Waals surface area contributed by atoms with Crippen LogP contribution in [0.4, 0.5) is 0 Å². The maximum atomic E-state index is 11.0. The highest BCUT2D eigenvalue weighted by Crippen LogP contribution is 2.35. The molecule has 124 valence electrons. The van der Waals surface area contributed by atoms with Gasteiger partial charge in [-0.1, -0.05) is 17.2 Å². The monoisotopic (exact) mass is 350 g/mol. The third kappa shape index (κ3) is 2.86. The van der Waals surface area contributed by atoms with Crippen LogP contribution in [0.15, 0.2) is 41.3 Å². The summed E-state index contributed by atoms with van der Waals surface area (Å²) < 4.78 is 5.38. The van der Waals surface area contributed by atoms with Crippen LogP contribution in [0.2, 0.25) is 0 Å². The molecule has 0 aliphatic rings. The minimum absolute atomic E-state index is 0.0801. The van der Waals surface area contributed by atoms with Gasteiger partial charge in [0.1, 0.15) is 5.75 Å². The molecular weight excluding hydrogens is 340 g/mol. The van der Waals surface area contributed by atoms with Crippen molar-refractivity contribution < 1.29 is 34.7 Å². The summed E-state index contributed by atoms with van der Waals surface area (Å²) in [5.41, 5.74) is 0.0245. The second kappa shape index (κ2) is 6.37. The first-order chi connectivity index (χ1) is 11.5. The van der Waals surface area contributed by atoms with Crippen LogP contribution in [-0.2, 0) is 9.37 Å². The Hall–Kier alpha value is -2.79. The van der Waals surface area contributed by atoms with E-state index in [0.29, 0.717) is 33.4 Å². The Balaban J connectivity index is 2.20.